The van der Waals surface area contributed by atoms with Gasteiger partial charge in [-0.15, -0.1) is 11.3 Å². The molecule has 0 aliphatic carbocycles. The second kappa shape index (κ2) is 8.48. The topological polar surface area (TPSA) is 93.5 Å². The van der Waals surface area contributed by atoms with Crippen molar-refractivity contribution in [3.8, 4) is 5.75 Å². The molecule has 0 bridgehead atoms. The SMILES string of the molecule is CNC(=O)Cc1csc(NC(=O)/C=C(\C)c2cc3c(C)coc3c(C)c2OC)n1. The number of thiazole rings is 1. The maximum Gasteiger partial charge on any atom is 0.250 e. The van der Waals surface area contributed by atoms with Crippen molar-refractivity contribution in [2.45, 2.75) is 27.2 Å². The number of benzene rings is 1. The number of anilines is 1. The zero-order chi connectivity index (χ0) is 21.1. The van der Waals surface area contributed by atoms with E-state index < -0.39 is 0 Å². The number of carbonyl (C=O) groups is 2. The van der Waals surface area contributed by atoms with Gasteiger partial charge in [-0.1, -0.05) is 0 Å². The van der Waals surface area contributed by atoms with Gasteiger partial charge in [-0.3, -0.25) is 14.9 Å². The normalized spacial score (nSPS) is 11.6. The monoisotopic (exact) mass is 413 g/mol. The number of methoxy groups -OCH3 is 1. The van der Waals surface area contributed by atoms with E-state index in [0.717, 1.165) is 33.2 Å². The highest BCUT2D eigenvalue weighted by atomic mass is 32.1. The molecule has 0 saturated heterocycles. The number of likely N-dealkylation sites (N-methyl/N-ethyl adjacent to an activating group) is 1. The van der Waals surface area contributed by atoms with E-state index >= 15 is 0 Å². The zero-order valence-corrected chi connectivity index (χ0v) is 17.8. The van der Waals surface area contributed by atoms with Crippen LogP contribution < -0.4 is 15.4 Å². The molecule has 3 aromatic rings. The van der Waals surface area contributed by atoms with Crippen LogP contribution in [-0.4, -0.2) is 31.0 Å². The van der Waals surface area contributed by atoms with Gasteiger partial charge in [0.15, 0.2) is 5.13 Å². The van der Waals surface area contributed by atoms with E-state index in [1.807, 2.05) is 26.8 Å². The fourth-order valence-electron chi connectivity index (χ4n) is 3.11. The number of nitrogens with zero attached hydrogens (tertiary/aromatic N) is 1. The summed E-state index contributed by atoms with van der Waals surface area (Å²) in [7, 11) is 3.17. The lowest BCUT2D eigenvalue weighted by Crippen LogP contribution is -2.20. The van der Waals surface area contributed by atoms with E-state index in [4.69, 9.17) is 9.15 Å². The Morgan fingerprint density at radius 2 is 2.10 bits per heavy atom. The molecule has 0 aliphatic rings. The molecule has 8 heteroatoms. The Morgan fingerprint density at radius 1 is 1.34 bits per heavy atom. The van der Waals surface area contributed by atoms with Crippen LogP contribution >= 0.6 is 11.3 Å². The Kier molecular flexibility index (Phi) is 6.03. The van der Waals surface area contributed by atoms with Gasteiger partial charge in [-0.2, -0.15) is 0 Å². The van der Waals surface area contributed by atoms with Crippen molar-refractivity contribution in [1.29, 1.82) is 0 Å². The number of aryl methyl sites for hydroxylation is 2. The van der Waals surface area contributed by atoms with Gasteiger partial charge < -0.3 is 14.5 Å². The summed E-state index contributed by atoms with van der Waals surface area (Å²) in [5, 5.41) is 8.49. The number of nitrogens with one attached hydrogen (secondary N) is 2. The lowest BCUT2D eigenvalue weighted by molar-refractivity contribution is -0.120. The second-order valence-electron chi connectivity index (χ2n) is 6.69. The van der Waals surface area contributed by atoms with E-state index in [1.165, 1.54) is 17.4 Å². The third-order valence-corrected chi connectivity index (χ3v) is 5.42. The molecular weight excluding hydrogens is 390 g/mol. The Bertz CT molecular complexity index is 1110. The quantitative estimate of drug-likeness (QED) is 0.599. The van der Waals surface area contributed by atoms with Gasteiger partial charge in [-0.25, -0.2) is 4.98 Å². The Morgan fingerprint density at radius 3 is 2.79 bits per heavy atom. The second-order valence-corrected chi connectivity index (χ2v) is 7.55. The highest BCUT2D eigenvalue weighted by Gasteiger charge is 2.17. The van der Waals surface area contributed by atoms with Crippen molar-refractivity contribution in [3.05, 3.63) is 46.2 Å². The zero-order valence-electron chi connectivity index (χ0n) is 17.0. The summed E-state index contributed by atoms with van der Waals surface area (Å²) in [6.07, 6.45) is 3.40. The molecule has 0 unspecified atom stereocenters. The van der Waals surface area contributed by atoms with Gasteiger partial charge in [0.1, 0.15) is 11.3 Å². The smallest absolute Gasteiger partial charge is 0.250 e. The number of ether oxygens (including phenoxy) is 1. The number of furan rings is 1. The summed E-state index contributed by atoms with van der Waals surface area (Å²) >= 11 is 1.28. The number of aromatic nitrogens is 1. The van der Waals surface area contributed by atoms with Gasteiger partial charge in [0.2, 0.25) is 11.8 Å². The van der Waals surface area contributed by atoms with Crippen molar-refractivity contribution < 1.29 is 18.7 Å². The predicted molar refractivity (Wildman–Crippen MR) is 114 cm³/mol. The van der Waals surface area contributed by atoms with Crippen LogP contribution in [0.1, 0.15) is 29.3 Å². The van der Waals surface area contributed by atoms with Gasteiger partial charge in [0.25, 0.3) is 0 Å². The lowest BCUT2D eigenvalue weighted by Gasteiger charge is -2.13. The molecular formula is C21H23N3O4S. The van der Waals surface area contributed by atoms with Crippen molar-refractivity contribution in [1.82, 2.24) is 10.3 Å². The van der Waals surface area contributed by atoms with Crippen LogP contribution in [-0.2, 0) is 16.0 Å². The van der Waals surface area contributed by atoms with Crippen LogP contribution in [0.4, 0.5) is 5.13 Å². The molecule has 0 atom stereocenters. The average molecular weight is 413 g/mol. The number of rotatable bonds is 6. The molecule has 0 radical (unpaired) electrons. The summed E-state index contributed by atoms with van der Waals surface area (Å²) in [5.41, 5.74) is 4.90. The molecule has 0 spiro atoms. The Balaban J connectivity index is 1.84. The van der Waals surface area contributed by atoms with Crippen LogP contribution in [0.5, 0.6) is 5.75 Å². The Hall–Kier alpha value is -3.13. The molecule has 152 valence electrons. The van der Waals surface area contributed by atoms with Crippen molar-refractivity contribution >= 4 is 44.8 Å². The molecule has 3 rings (SSSR count). The van der Waals surface area contributed by atoms with Crippen molar-refractivity contribution in [2.75, 3.05) is 19.5 Å². The molecule has 2 N–H and O–H groups in total. The van der Waals surface area contributed by atoms with Crippen LogP contribution in [0, 0.1) is 13.8 Å². The molecule has 0 fully saturated rings. The molecule has 0 aliphatic heterocycles. The first-order valence-electron chi connectivity index (χ1n) is 9.04. The van der Waals surface area contributed by atoms with Gasteiger partial charge in [-0.05, 0) is 38.0 Å². The minimum absolute atomic E-state index is 0.128. The number of hydrogen-bond donors (Lipinski definition) is 2. The largest absolute Gasteiger partial charge is 0.496 e. The first-order chi connectivity index (χ1) is 13.8. The van der Waals surface area contributed by atoms with E-state index in [-0.39, 0.29) is 18.2 Å². The van der Waals surface area contributed by atoms with Crippen LogP contribution in [0.15, 0.2) is 28.2 Å². The highest BCUT2D eigenvalue weighted by molar-refractivity contribution is 7.14. The standard InChI is InChI=1S/C21H23N3O4S/c1-11(6-18(26)24-21-23-14(10-29-21)7-17(25)22-4)15-8-16-12(2)9-28-20(16)13(3)19(15)27-5/h6,8-10H,7H2,1-5H3,(H,22,25)(H,23,24,26)/b11-6+. The van der Waals surface area contributed by atoms with E-state index in [9.17, 15) is 9.59 Å². The number of carbonyl (C=O) groups excluding carboxylic acids is 2. The highest BCUT2D eigenvalue weighted by Crippen LogP contribution is 2.37. The molecule has 7 nitrogen and oxygen atoms in total. The predicted octanol–water partition coefficient (Wildman–Crippen LogP) is 3.85. The first kappa shape index (κ1) is 20.6. The van der Waals surface area contributed by atoms with Crippen molar-refractivity contribution in [3.63, 3.8) is 0 Å². The van der Waals surface area contributed by atoms with Crippen LogP contribution in [0.2, 0.25) is 0 Å². The fourth-order valence-corrected chi connectivity index (χ4v) is 3.82. The summed E-state index contributed by atoms with van der Waals surface area (Å²) < 4.78 is 11.2. The van der Waals surface area contributed by atoms with Gasteiger partial charge >= 0.3 is 0 Å². The third kappa shape index (κ3) is 4.32. The minimum atomic E-state index is -0.299. The number of fused-ring (bicyclic) bond motifs is 1. The Labute approximate surface area is 172 Å². The fraction of sp³-hybridized carbons (Fsp3) is 0.286. The molecule has 2 heterocycles. The summed E-state index contributed by atoms with van der Waals surface area (Å²) in [5.74, 6) is 0.249. The molecule has 1 aromatic carbocycles. The van der Waals surface area contributed by atoms with E-state index in [0.29, 0.717) is 16.6 Å². The van der Waals surface area contributed by atoms with E-state index in [2.05, 4.69) is 15.6 Å². The number of allylic oxidation sites excluding steroid dienone is 1. The van der Waals surface area contributed by atoms with Gasteiger partial charge in [0.05, 0.1) is 25.5 Å². The first-order valence-corrected chi connectivity index (χ1v) is 9.92. The lowest BCUT2D eigenvalue weighted by atomic mass is 9.98. The maximum atomic E-state index is 12.5. The molecule has 29 heavy (non-hydrogen) atoms. The van der Waals surface area contributed by atoms with Crippen LogP contribution in [0.3, 0.4) is 0 Å². The molecule has 2 amide bonds. The van der Waals surface area contributed by atoms with Crippen LogP contribution in [0.25, 0.3) is 16.5 Å². The van der Waals surface area contributed by atoms with Gasteiger partial charge in [0, 0.05) is 35.0 Å². The molecule has 0 saturated carbocycles. The maximum absolute atomic E-state index is 12.5. The summed E-state index contributed by atoms with van der Waals surface area (Å²) in [4.78, 5) is 28.2. The van der Waals surface area contributed by atoms with E-state index in [1.54, 1.807) is 25.8 Å². The molecule has 2 aromatic heterocycles. The minimum Gasteiger partial charge on any atom is -0.496 e. The number of amides is 2. The average Bonchev–Trinajstić information content (AvgIpc) is 3.28. The summed E-state index contributed by atoms with van der Waals surface area (Å²) in [6.45, 7) is 5.77. The number of hydrogen-bond acceptors (Lipinski definition) is 6. The third-order valence-electron chi connectivity index (χ3n) is 4.62. The van der Waals surface area contributed by atoms with Crippen molar-refractivity contribution in [2.24, 2.45) is 0 Å². The summed E-state index contributed by atoms with van der Waals surface area (Å²) in [6, 6.07) is 1.98.